The average molecular weight is 283 g/mol. The number of unbranched alkanes of at least 4 members (excludes halogenated alkanes) is 1. The lowest BCUT2D eigenvalue weighted by atomic mass is 10.2. The number of hydrogen-bond donors (Lipinski definition) is 0. The number of aryl methyl sites for hydroxylation is 1. The highest BCUT2D eigenvalue weighted by Crippen LogP contribution is 2.18. The van der Waals surface area contributed by atoms with Crippen molar-refractivity contribution in [3.8, 4) is 5.75 Å². The summed E-state index contributed by atoms with van der Waals surface area (Å²) in [5, 5.41) is 0.581. The minimum atomic E-state index is -0.0328. The second kappa shape index (κ2) is 6.31. The third kappa shape index (κ3) is 3.34. The van der Waals surface area contributed by atoms with Gasteiger partial charge in [-0.05, 0) is 37.1 Å². The van der Waals surface area contributed by atoms with E-state index in [9.17, 15) is 4.79 Å². The smallest absolute Gasteiger partial charge is 0.192 e. The third-order valence-corrected chi connectivity index (χ3v) is 3.38. The molecule has 0 aliphatic carbocycles. The van der Waals surface area contributed by atoms with Gasteiger partial charge in [0.2, 0.25) is 0 Å². The van der Waals surface area contributed by atoms with E-state index >= 15 is 0 Å². The van der Waals surface area contributed by atoms with E-state index in [4.69, 9.17) is 9.15 Å². The molecule has 0 amide bonds. The molecule has 0 aliphatic rings. The highest BCUT2D eigenvalue weighted by Gasteiger charge is 2.02. The minimum Gasteiger partial charge on any atom is -0.493 e. The molecule has 4 heteroatoms. The Balaban J connectivity index is 1.52. The van der Waals surface area contributed by atoms with Crippen LogP contribution < -0.4 is 10.2 Å². The quantitative estimate of drug-likeness (QED) is 0.651. The van der Waals surface area contributed by atoms with Crippen molar-refractivity contribution in [3.63, 3.8) is 0 Å². The second-order valence-corrected chi connectivity index (χ2v) is 4.92. The predicted octanol–water partition coefficient (Wildman–Crippen LogP) is 3.45. The molecule has 0 saturated heterocycles. The molecule has 0 N–H and O–H groups in total. The number of ether oxygens (including phenoxy) is 1. The van der Waals surface area contributed by atoms with Gasteiger partial charge in [-0.3, -0.25) is 4.79 Å². The fourth-order valence-corrected chi connectivity index (χ4v) is 2.26. The number of rotatable bonds is 6. The molecule has 2 aromatic heterocycles. The Hall–Kier alpha value is -2.49. The normalized spacial score (nSPS) is 10.9. The molecule has 0 spiro atoms. The van der Waals surface area contributed by atoms with E-state index in [2.05, 4.69) is 17.0 Å². The first-order valence-electron chi connectivity index (χ1n) is 7.08. The summed E-state index contributed by atoms with van der Waals surface area (Å²) in [5.74, 6) is 0.734. The summed E-state index contributed by atoms with van der Waals surface area (Å²) in [5.41, 5.74) is 0.530. The zero-order chi connectivity index (χ0) is 14.5. The van der Waals surface area contributed by atoms with E-state index in [-0.39, 0.29) is 5.43 Å². The van der Waals surface area contributed by atoms with Gasteiger partial charge in [0, 0.05) is 31.1 Å². The fourth-order valence-electron chi connectivity index (χ4n) is 2.26. The highest BCUT2D eigenvalue weighted by atomic mass is 16.5. The van der Waals surface area contributed by atoms with Crippen LogP contribution in [0.15, 0.2) is 64.3 Å². The second-order valence-electron chi connectivity index (χ2n) is 4.92. The zero-order valence-electron chi connectivity index (χ0n) is 11.7. The Kier molecular flexibility index (Phi) is 4.05. The molecular formula is C17H17NO3. The van der Waals surface area contributed by atoms with Crippen LogP contribution in [0.1, 0.15) is 12.8 Å². The Bertz CT molecular complexity index is 759. The predicted molar refractivity (Wildman–Crippen MR) is 81.6 cm³/mol. The zero-order valence-corrected chi connectivity index (χ0v) is 11.7. The van der Waals surface area contributed by atoms with E-state index in [1.165, 1.54) is 12.3 Å². The van der Waals surface area contributed by atoms with Gasteiger partial charge in [0.15, 0.2) is 5.43 Å². The van der Waals surface area contributed by atoms with E-state index in [0.29, 0.717) is 17.6 Å². The first-order valence-corrected chi connectivity index (χ1v) is 7.08. The standard InChI is InChI=1S/C17H17NO3/c19-16-7-12-21-17-13-14(5-6-15(16)17)20-11-4-3-10-18-8-1-2-9-18/h1-2,5-9,12-13H,3-4,10-11H2. The van der Waals surface area contributed by atoms with Gasteiger partial charge in [-0.25, -0.2) is 0 Å². The maximum atomic E-state index is 11.6. The highest BCUT2D eigenvalue weighted by molar-refractivity contribution is 5.77. The molecule has 0 aliphatic heterocycles. The first-order chi connectivity index (χ1) is 10.3. The van der Waals surface area contributed by atoms with Crippen LogP contribution in [0.4, 0.5) is 0 Å². The maximum absolute atomic E-state index is 11.6. The van der Waals surface area contributed by atoms with Gasteiger partial charge in [0.05, 0.1) is 18.3 Å². The van der Waals surface area contributed by atoms with Crippen molar-refractivity contribution in [2.24, 2.45) is 0 Å². The third-order valence-electron chi connectivity index (χ3n) is 3.38. The lowest BCUT2D eigenvalue weighted by Gasteiger charge is -2.07. The molecule has 0 fully saturated rings. The molecule has 4 nitrogen and oxygen atoms in total. The van der Waals surface area contributed by atoms with Crippen LogP contribution in [0.5, 0.6) is 5.75 Å². The molecule has 3 rings (SSSR count). The van der Waals surface area contributed by atoms with Crippen LogP contribution in [-0.4, -0.2) is 11.2 Å². The van der Waals surface area contributed by atoms with Gasteiger partial charge >= 0.3 is 0 Å². The van der Waals surface area contributed by atoms with E-state index in [0.717, 1.165) is 25.1 Å². The van der Waals surface area contributed by atoms with Gasteiger partial charge in [-0.15, -0.1) is 0 Å². The molecule has 21 heavy (non-hydrogen) atoms. The van der Waals surface area contributed by atoms with Crippen LogP contribution in [0.2, 0.25) is 0 Å². The molecule has 3 aromatic rings. The monoisotopic (exact) mass is 283 g/mol. The summed E-state index contributed by atoms with van der Waals surface area (Å²) in [6, 6.07) is 10.8. The van der Waals surface area contributed by atoms with E-state index < -0.39 is 0 Å². The largest absolute Gasteiger partial charge is 0.493 e. The number of aromatic nitrogens is 1. The van der Waals surface area contributed by atoms with E-state index in [1.807, 2.05) is 18.2 Å². The van der Waals surface area contributed by atoms with Crippen molar-refractivity contribution in [2.75, 3.05) is 6.61 Å². The molecule has 0 unspecified atom stereocenters. The number of fused-ring (bicyclic) bond motifs is 1. The molecular weight excluding hydrogens is 266 g/mol. The summed E-state index contributed by atoms with van der Waals surface area (Å²) < 4.78 is 13.2. The summed E-state index contributed by atoms with van der Waals surface area (Å²) >= 11 is 0. The van der Waals surface area contributed by atoms with Crippen molar-refractivity contribution in [3.05, 3.63) is 65.3 Å². The van der Waals surface area contributed by atoms with Gasteiger partial charge in [-0.2, -0.15) is 0 Å². The summed E-state index contributed by atoms with van der Waals surface area (Å²) in [6.07, 6.45) is 7.58. The first kappa shape index (κ1) is 13.5. The molecule has 108 valence electrons. The lowest BCUT2D eigenvalue weighted by molar-refractivity contribution is 0.303. The Morgan fingerprint density at radius 1 is 1.10 bits per heavy atom. The van der Waals surface area contributed by atoms with Gasteiger partial charge in [0.1, 0.15) is 11.3 Å². The number of hydrogen-bond acceptors (Lipinski definition) is 3. The summed E-state index contributed by atoms with van der Waals surface area (Å²) in [4.78, 5) is 11.6. The molecule has 0 atom stereocenters. The number of benzene rings is 1. The summed E-state index contributed by atoms with van der Waals surface area (Å²) in [6.45, 7) is 1.66. The van der Waals surface area contributed by atoms with Gasteiger partial charge < -0.3 is 13.7 Å². The average Bonchev–Trinajstić information content (AvgIpc) is 3.00. The van der Waals surface area contributed by atoms with Crippen molar-refractivity contribution in [2.45, 2.75) is 19.4 Å². The maximum Gasteiger partial charge on any atom is 0.192 e. The lowest BCUT2D eigenvalue weighted by Crippen LogP contribution is -2.02. The van der Waals surface area contributed by atoms with Crippen LogP contribution >= 0.6 is 0 Å². The van der Waals surface area contributed by atoms with Crippen molar-refractivity contribution in [1.29, 1.82) is 0 Å². The van der Waals surface area contributed by atoms with Crippen molar-refractivity contribution >= 4 is 11.0 Å². The van der Waals surface area contributed by atoms with Crippen LogP contribution in [0.3, 0.4) is 0 Å². The molecule has 2 heterocycles. The van der Waals surface area contributed by atoms with Crippen LogP contribution in [0.25, 0.3) is 11.0 Å². The van der Waals surface area contributed by atoms with Crippen LogP contribution in [0, 0.1) is 0 Å². The van der Waals surface area contributed by atoms with E-state index in [1.54, 1.807) is 12.1 Å². The molecule has 0 saturated carbocycles. The molecule has 1 aromatic carbocycles. The number of nitrogens with zero attached hydrogens (tertiary/aromatic N) is 1. The molecule has 0 radical (unpaired) electrons. The SMILES string of the molecule is O=c1ccoc2cc(OCCCCn3cccc3)ccc12. The Morgan fingerprint density at radius 2 is 1.95 bits per heavy atom. The molecule has 0 bridgehead atoms. The van der Waals surface area contributed by atoms with Crippen LogP contribution in [-0.2, 0) is 6.54 Å². The van der Waals surface area contributed by atoms with Gasteiger partial charge in [0.25, 0.3) is 0 Å². The van der Waals surface area contributed by atoms with Crippen molar-refractivity contribution in [1.82, 2.24) is 4.57 Å². The fraction of sp³-hybridized carbons (Fsp3) is 0.235. The summed E-state index contributed by atoms with van der Waals surface area (Å²) in [7, 11) is 0. The topological polar surface area (TPSA) is 44.4 Å². The Morgan fingerprint density at radius 3 is 2.81 bits per heavy atom. The van der Waals surface area contributed by atoms with Gasteiger partial charge in [-0.1, -0.05) is 0 Å². The Labute approximate surface area is 122 Å². The minimum absolute atomic E-state index is 0.0328. The van der Waals surface area contributed by atoms with Crippen molar-refractivity contribution < 1.29 is 9.15 Å².